The highest BCUT2D eigenvalue weighted by molar-refractivity contribution is 6.12. The molecule has 8 nitrogen and oxygen atoms in total. The highest BCUT2D eigenvalue weighted by Crippen LogP contribution is 2.42. The van der Waals surface area contributed by atoms with E-state index < -0.39 is 5.91 Å². The first kappa shape index (κ1) is 21.8. The molecule has 168 valence electrons. The Bertz CT molecular complexity index is 1370. The third kappa shape index (κ3) is 3.94. The number of nitrogens with zero attached hydrogens (tertiary/aromatic N) is 2. The maximum atomic E-state index is 12.2. The van der Waals surface area contributed by atoms with Crippen molar-refractivity contribution in [3.8, 4) is 22.9 Å². The van der Waals surface area contributed by atoms with Crippen molar-refractivity contribution < 1.29 is 19.0 Å². The first-order valence-electron chi connectivity index (χ1n) is 10.1. The van der Waals surface area contributed by atoms with Crippen LogP contribution >= 0.6 is 0 Å². The third-order valence-electron chi connectivity index (χ3n) is 5.31. The van der Waals surface area contributed by atoms with Crippen LogP contribution in [0, 0.1) is 0 Å². The number of nitrogens with two attached hydrogens (primary N) is 2. The fraction of sp³-hybridized carbons (Fsp3) is 0.120. The molecule has 0 spiro atoms. The number of primary amides is 1. The van der Waals surface area contributed by atoms with Crippen molar-refractivity contribution in [1.82, 2.24) is 4.57 Å². The Hall–Kier alpha value is -4.46. The van der Waals surface area contributed by atoms with E-state index in [0.717, 1.165) is 16.6 Å². The minimum Gasteiger partial charge on any atom is -0.493 e. The summed E-state index contributed by atoms with van der Waals surface area (Å²) < 4.78 is 18.3. The van der Waals surface area contributed by atoms with Crippen molar-refractivity contribution in [1.29, 1.82) is 0 Å². The zero-order valence-corrected chi connectivity index (χ0v) is 18.5. The van der Waals surface area contributed by atoms with Crippen molar-refractivity contribution >= 4 is 28.3 Å². The molecule has 1 aromatic heterocycles. The standard InChI is InChI=1S/C25H24N4O4/c1-31-20-14-18(25(27)30)21(23(33-3)22(20)32-2)24(26)28-16-8-6-9-17(13-16)29-12-11-15-7-4-5-10-19(15)29/h4-14H,1-3H3,(H2,26,28)(H2,27,30). The number of hydrogen-bond donors (Lipinski definition) is 2. The van der Waals surface area contributed by atoms with E-state index in [1.54, 1.807) is 0 Å². The second-order valence-corrected chi connectivity index (χ2v) is 7.19. The van der Waals surface area contributed by atoms with Crippen LogP contribution in [0.2, 0.25) is 0 Å². The fourth-order valence-electron chi connectivity index (χ4n) is 3.82. The monoisotopic (exact) mass is 444 g/mol. The van der Waals surface area contributed by atoms with Gasteiger partial charge in [-0.3, -0.25) is 4.79 Å². The number of fused-ring (bicyclic) bond motifs is 1. The maximum Gasteiger partial charge on any atom is 0.249 e. The number of carbonyl (C=O) groups is 1. The molecular formula is C25H24N4O4. The Kier molecular flexibility index (Phi) is 5.91. The first-order chi connectivity index (χ1) is 16.0. The topological polar surface area (TPSA) is 114 Å². The number of carbonyl (C=O) groups excluding carboxylic acids is 1. The SMILES string of the molecule is COc1cc(C(N)=O)c(C(N)=Nc2cccc(-n3ccc4ccccc43)c2)c(OC)c1OC. The van der Waals surface area contributed by atoms with Gasteiger partial charge in [0.05, 0.1) is 43.7 Å². The number of amides is 1. The lowest BCUT2D eigenvalue weighted by Gasteiger charge is -2.18. The van der Waals surface area contributed by atoms with Gasteiger partial charge in [0.2, 0.25) is 11.7 Å². The van der Waals surface area contributed by atoms with Crippen molar-refractivity contribution in [2.75, 3.05) is 21.3 Å². The van der Waals surface area contributed by atoms with Crippen LogP contribution in [0.25, 0.3) is 16.6 Å². The van der Waals surface area contributed by atoms with Crippen molar-refractivity contribution in [2.45, 2.75) is 0 Å². The molecule has 0 atom stereocenters. The Morgan fingerprint density at radius 2 is 1.64 bits per heavy atom. The number of rotatable bonds is 7. The smallest absolute Gasteiger partial charge is 0.249 e. The molecule has 0 unspecified atom stereocenters. The molecule has 8 heteroatoms. The summed E-state index contributed by atoms with van der Waals surface area (Å²) in [5, 5.41) is 1.13. The molecule has 0 aliphatic rings. The molecule has 4 N–H and O–H groups in total. The molecule has 0 saturated heterocycles. The van der Waals surface area contributed by atoms with Crippen LogP contribution in [0.5, 0.6) is 17.2 Å². The van der Waals surface area contributed by atoms with E-state index in [1.165, 1.54) is 27.4 Å². The Labute approximate surface area is 191 Å². The second kappa shape index (κ2) is 8.96. The van der Waals surface area contributed by atoms with Gasteiger partial charge in [-0.25, -0.2) is 4.99 Å². The van der Waals surface area contributed by atoms with Gasteiger partial charge >= 0.3 is 0 Å². The van der Waals surface area contributed by atoms with Crippen LogP contribution in [-0.4, -0.2) is 37.6 Å². The Morgan fingerprint density at radius 3 is 2.33 bits per heavy atom. The molecule has 1 heterocycles. The van der Waals surface area contributed by atoms with Gasteiger partial charge in [0.15, 0.2) is 11.5 Å². The summed E-state index contributed by atoms with van der Waals surface area (Å²) in [6.07, 6.45) is 2.00. The number of amidine groups is 1. The van der Waals surface area contributed by atoms with E-state index in [2.05, 4.69) is 15.6 Å². The zero-order valence-electron chi connectivity index (χ0n) is 18.5. The van der Waals surface area contributed by atoms with Gasteiger partial charge in [0.25, 0.3) is 0 Å². The van der Waals surface area contributed by atoms with Crippen LogP contribution in [0.3, 0.4) is 0 Å². The zero-order chi connectivity index (χ0) is 23.5. The van der Waals surface area contributed by atoms with Gasteiger partial charge in [-0.15, -0.1) is 0 Å². The van der Waals surface area contributed by atoms with Crippen LogP contribution in [-0.2, 0) is 0 Å². The predicted molar refractivity (Wildman–Crippen MR) is 128 cm³/mol. The van der Waals surface area contributed by atoms with E-state index in [4.69, 9.17) is 25.7 Å². The summed E-state index contributed by atoms with van der Waals surface area (Å²) in [5.41, 5.74) is 14.9. The molecule has 33 heavy (non-hydrogen) atoms. The number of ether oxygens (including phenoxy) is 3. The lowest BCUT2D eigenvalue weighted by Crippen LogP contribution is -2.23. The summed E-state index contributed by atoms with van der Waals surface area (Å²) >= 11 is 0. The molecule has 0 bridgehead atoms. The van der Waals surface area contributed by atoms with Crippen molar-refractivity contribution in [3.05, 3.63) is 78.0 Å². The van der Waals surface area contributed by atoms with Crippen LogP contribution in [0.4, 0.5) is 5.69 Å². The first-order valence-corrected chi connectivity index (χ1v) is 10.1. The van der Waals surface area contributed by atoms with Crippen LogP contribution < -0.4 is 25.7 Å². The van der Waals surface area contributed by atoms with Gasteiger partial charge in [-0.1, -0.05) is 24.3 Å². The fourth-order valence-corrected chi connectivity index (χ4v) is 3.82. The Morgan fingerprint density at radius 1 is 0.879 bits per heavy atom. The number of para-hydroxylation sites is 1. The van der Waals surface area contributed by atoms with E-state index in [1.807, 2.05) is 54.7 Å². The van der Waals surface area contributed by atoms with Gasteiger partial charge in [0.1, 0.15) is 5.84 Å². The lowest BCUT2D eigenvalue weighted by molar-refractivity contribution is 0.0999. The molecule has 3 aromatic carbocycles. The average Bonchev–Trinajstić information content (AvgIpc) is 3.26. The average molecular weight is 444 g/mol. The van der Waals surface area contributed by atoms with Crippen LogP contribution in [0.15, 0.2) is 71.9 Å². The van der Waals surface area contributed by atoms with Gasteiger partial charge in [0, 0.05) is 11.9 Å². The molecule has 0 fully saturated rings. The minimum absolute atomic E-state index is 0.0520. The van der Waals surface area contributed by atoms with E-state index in [-0.39, 0.29) is 28.5 Å². The van der Waals surface area contributed by atoms with E-state index in [9.17, 15) is 4.79 Å². The largest absolute Gasteiger partial charge is 0.493 e. The van der Waals surface area contributed by atoms with Gasteiger partial charge in [-0.2, -0.15) is 0 Å². The van der Waals surface area contributed by atoms with Crippen LogP contribution in [0.1, 0.15) is 15.9 Å². The normalized spacial score (nSPS) is 11.4. The maximum absolute atomic E-state index is 12.2. The molecule has 4 rings (SSSR count). The number of hydrogen-bond acceptors (Lipinski definition) is 5. The van der Waals surface area contributed by atoms with E-state index >= 15 is 0 Å². The number of benzene rings is 3. The Balaban J connectivity index is 1.84. The van der Waals surface area contributed by atoms with Crippen molar-refractivity contribution in [2.24, 2.45) is 16.5 Å². The van der Waals surface area contributed by atoms with Gasteiger partial charge < -0.3 is 30.2 Å². The summed E-state index contributed by atoms with van der Waals surface area (Å²) in [4.78, 5) is 16.8. The molecule has 4 aromatic rings. The molecule has 0 aliphatic carbocycles. The molecule has 0 radical (unpaired) electrons. The summed E-state index contributed by atoms with van der Waals surface area (Å²) in [7, 11) is 4.36. The van der Waals surface area contributed by atoms with Crippen molar-refractivity contribution in [3.63, 3.8) is 0 Å². The summed E-state index contributed by atoms with van der Waals surface area (Å²) in [5.74, 6) is 0.137. The number of aliphatic imine (C=N–C) groups is 1. The quantitative estimate of drug-likeness (QED) is 0.332. The highest BCUT2D eigenvalue weighted by atomic mass is 16.5. The highest BCUT2D eigenvalue weighted by Gasteiger charge is 2.25. The molecule has 1 amide bonds. The summed E-state index contributed by atoms with van der Waals surface area (Å²) in [6, 6.07) is 19.2. The predicted octanol–water partition coefficient (Wildman–Crippen LogP) is 3.79. The second-order valence-electron chi connectivity index (χ2n) is 7.19. The number of aromatic nitrogens is 1. The minimum atomic E-state index is -0.699. The van der Waals surface area contributed by atoms with Gasteiger partial charge in [-0.05, 0) is 41.8 Å². The lowest BCUT2D eigenvalue weighted by atomic mass is 10.0. The van der Waals surface area contributed by atoms with E-state index in [0.29, 0.717) is 11.4 Å². The molecular weight excluding hydrogens is 420 g/mol. The molecule has 0 saturated carbocycles. The summed E-state index contributed by atoms with van der Waals surface area (Å²) in [6.45, 7) is 0. The third-order valence-corrected chi connectivity index (χ3v) is 5.31. The molecule has 0 aliphatic heterocycles. The number of methoxy groups -OCH3 is 3.